The van der Waals surface area contributed by atoms with Crippen LogP contribution in [0.25, 0.3) is 22.3 Å². The van der Waals surface area contributed by atoms with E-state index in [0.29, 0.717) is 6.10 Å². The van der Waals surface area contributed by atoms with Crippen LogP contribution in [0.2, 0.25) is 0 Å². The molecule has 0 radical (unpaired) electrons. The molecule has 2 heterocycles. The van der Waals surface area contributed by atoms with E-state index in [9.17, 15) is 0 Å². The van der Waals surface area contributed by atoms with Gasteiger partial charge in [0.2, 0.25) is 0 Å². The summed E-state index contributed by atoms with van der Waals surface area (Å²) in [6, 6.07) is 18.9. The van der Waals surface area contributed by atoms with Gasteiger partial charge in [-0.05, 0) is 37.1 Å². The third-order valence-electron chi connectivity index (χ3n) is 4.84. The van der Waals surface area contributed by atoms with Crippen LogP contribution in [0.4, 0.5) is 0 Å². The van der Waals surface area contributed by atoms with Gasteiger partial charge in [0.05, 0.1) is 6.10 Å². The Kier molecular flexibility index (Phi) is 4.37. The third-order valence-corrected chi connectivity index (χ3v) is 4.84. The molecule has 0 amide bonds. The summed E-state index contributed by atoms with van der Waals surface area (Å²) < 4.78 is 11.6. The van der Waals surface area contributed by atoms with Crippen LogP contribution in [0.1, 0.15) is 18.4 Å². The molecule has 0 spiro atoms. The van der Waals surface area contributed by atoms with Gasteiger partial charge < -0.3 is 9.15 Å². The lowest BCUT2D eigenvalue weighted by atomic mass is 10.1. The van der Waals surface area contributed by atoms with E-state index in [1.165, 1.54) is 18.4 Å². The largest absolute Gasteiger partial charge is 0.456 e. The molecule has 1 fully saturated rings. The fraction of sp³-hybridized carbons (Fsp3) is 0.333. The highest BCUT2D eigenvalue weighted by atomic mass is 16.5. The number of piperidine rings is 1. The Labute approximate surface area is 142 Å². The van der Waals surface area contributed by atoms with E-state index in [2.05, 4.69) is 41.3 Å². The predicted octanol–water partition coefficient (Wildman–Crippen LogP) is 4.71. The summed E-state index contributed by atoms with van der Waals surface area (Å²) in [4.78, 5) is 2.47. The van der Waals surface area contributed by atoms with E-state index >= 15 is 0 Å². The van der Waals surface area contributed by atoms with E-state index < -0.39 is 0 Å². The van der Waals surface area contributed by atoms with Gasteiger partial charge in [-0.15, -0.1) is 0 Å². The molecule has 0 bridgehead atoms. The number of fused-ring (bicyclic) bond motifs is 1. The zero-order valence-electron chi connectivity index (χ0n) is 14.1. The smallest absolute Gasteiger partial charge is 0.135 e. The van der Waals surface area contributed by atoms with Crippen LogP contribution in [0.3, 0.4) is 0 Å². The van der Waals surface area contributed by atoms with Gasteiger partial charge in [-0.25, -0.2) is 0 Å². The molecule has 1 atom stereocenters. The Balaban J connectivity index is 1.55. The summed E-state index contributed by atoms with van der Waals surface area (Å²) >= 11 is 0. The van der Waals surface area contributed by atoms with Crippen LogP contribution in [-0.4, -0.2) is 31.2 Å². The van der Waals surface area contributed by atoms with Crippen molar-refractivity contribution >= 4 is 11.0 Å². The maximum atomic E-state index is 6.08. The molecular weight excluding hydrogens is 298 g/mol. The summed E-state index contributed by atoms with van der Waals surface area (Å²) in [5.41, 5.74) is 3.38. The summed E-state index contributed by atoms with van der Waals surface area (Å²) in [5.74, 6) is 0.931. The number of rotatable bonds is 4. The molecule has 1 saturated heterocycles. The minimum absolute atomic E-state index is 0.371. The summed E-state index contributed by atoms with van der Waals surface area (Å²) in [6.45, 7) is 3.12. The number of methoxy groups -OCH3 is 1. The Morgan fingerprint density at radius 1 is 1.12 bits per heavy atom. The second-order valence-corrected chi connectivity index (χ2v) is 6.58. The highest BCUT2D eigenvalue weighted by Crippen LogP contribution is 2.28. The maximum absolute atomic E-state index is 6.08. The number of hydrogen-bond donors (Lipinski definition) is 0. The SMILES string of the molecule is CO[C@@H]1CCCN(Cc2ccc3cc(-c4ccccc4)oc3c2)C1. The van der Waals surface area contributed by atoms with Gasteiger partial charge in [0.15, 0.2) is 0 Å². The first-order valence-corrected chi connectivity index (χ1v) is 8.65. The Morgan fingerprint density at radius 3 is 2.83 bits per heavy atom. The molecule has 3 aromatic rings. The van der Waals surface area contributed by atoms with Crippen molar-refractivity contribution in [1.29, 1.82) is 0 Å². The van der Waals surface area contributed by atoms with Crippen LogP contribution in [0.5, 0.6) is 0 Å². The topological polar surface area (TPSA) is 25.6 Å². The van der Waals surface area contributed by atoms with Gasteiger partial charge in [-0.3, -0.25) is 4.90 Å². The van der Waals surface area contributed by atoms with Gasteiger partial charge in [0.25, 0.3) is 0 Å². The van der Waals surface area contributed by atoms with Crippen LogP contribution < -0.4 is 0 Å². The van der Waals surface area contributed by atoms with E-state index in [-0.39, 0.29) is 0 Å². The second kappa shape index (κ2) is 6.80. The van der Waals surface area contributed by atoms with Crippen molar-refractivity contribution in [2.45, 2.75) is 25.5 Å². The molecule has 1 aromatic heterocycles. The van der Waals surface area contributed by atoms with Gasteiger partial charge in [-0.2, -0.15) is 0 Å². The zero-order chi connectivity index (χ0) is 16.4. The van der Waals surface area contributed by atoms with Gasteiger partial charge >= 0.3 is 0 Å². The average Bonchev–Trinajstić information content (AvgIpc) is 3.06. The Hall–Kier alpha value is -2.10. The molecule has 0 saturated carbocycles. The normalized spacial score (nSPS) is 19.0. The molecule has 4 rings (SSSR count). The first kappa shape index (κ1) is 15.4. The second-order valence-electron chi connectivity index (χ2n) is 6.58. The monoisotopic (exact) mass is 321 g/mol. The average molecular weight is 321 g/mol. The first-order valence-electron chi connectivity index (χ1n) is 8.65. The van der Waals surface area contributed by atoms with Crippen LogP contribution in [-0.2, 0) is 11.3 Å². The van der Waals surface area contributed by atoms with Crippen molar-refractivity contribution in [1.82, 2.24) is 4.90 Å². The molecular formula is C21H23NO2. The fourth-order valence-electron chi connectivity index (χ4n) is 3.53. The zero-order valence-corrected chi connectivity index (χ0v) is 14.1. The van der Waals surface area contributed by atoms with Crippen molar-refractivity contribution < 1.29 is 9.15 Å². The van der Waals surface area contributed by atoms with Crippen molar-refractivity contribution in [3.63, 3.8) is 0 Å². The van der Waals surface area contributed by atoms with E-state index in [4.69, 9.17) is 9.15 Å². The van der Waals surface area contributed by atoms with Crippen LogP contribution >= 0.6 is 0 Å². The van der Waals surface area contributed by atoms with Crippen molar-refractivity contribution in [2.75, 3.05) is 20.2 Å². The number of hydrogen-bond acceptors (Lipinski definition) is 3. The molecule has 0 unspecified atom stereocenters. The number of nitrogens with zero attached hydrogens (tertiary/aromatic N) is 1. The highest BCUT2D eigenvalue weighted by Gasteiger charge is 2.19. The molecule has 3 heteroatoms. The highest BCUT2D eigenvalue weighted by molar-refractivity contribution is 5.83. The van der Waals surface area contributed by atoms with Crippen LogP contribution in [0, 0.1) is 0 Å². The van der Waals surface area contributed by atoms with Gasteiger partial charge in [0, 0.05) is 31.1 Å². The van der Waals surface area contributed by atoms with Crippen molar-refractivity contribution in [3.05, 3.63) is 60.2 Å². The quantitative estimate of drug-likeness (QED) is 0.696. The molecule has 0 N–H and O–H groups in total. The number of benzene rings is 2. The molecule has 1 aliphatic heterocycles. The van der Waals surface area contributed by atoms with E-state index in [1.54, 1.807) is 0 Å². The standard InChI is InChI=1S/C21H23NO2/c1-23-19-8-5-11-22(15-19)14-16-9-10-18-13-21(24-20(18)12-16)17-6-3-2-4-7-17/h2-4,6-7,9-10,12-13,19H,5,8,11,14-15H2,1H3/t19-/m1/s1. The van der Waals surface area contributed by atoms with Crippen molar-refractivity contribution in [3.8, 4) is 11.3 Å². The lowest BCUT2D eigenvalue weighted by Gasteiger charge is -2.31. The van der Waals surface area contributed by atoms with Gasteiger partial charge in [0.1, 0.15) is 11.3 Å². The van der Waals surface area contributed by atoms with E-state index in [0.717, 1.165) is 41.9 Å². The predicted molar refractivity (Wildman–Crippen MR) is 97.0 cm³/mol. The fourth-order valence-corrected chi connectivity index (χ4v) is 3.53. The molecule has 124 valence electrons. The van der Waals surface area contributed by atoms with Crippen LogP contribution in [0.15, 0.2) is 59.0 Å². The summed E-state index contributed by atoms with van der Waals surface area (Å²) in [6.07, 6.45) is 2.75. The minimum atomic E-state index is 0.371. The molecule has 24 heavy (non-hydrogen) atoms. The number of ether oxygens (including phenoxy) is 1. The minimum Gasteiger partial charge on any atom is -0.456 e. The Bertz CT molecular complexity index is 809. The summed E-state index contributed by atoms with van der Waals surface area (Å²) in [7, 11) is 1.81. The Morgan fingerprint density at radius 2 is 2.00 bits per heavy atom. The maximum Gasteiger partial charge on any atom is 0.135 e. The number of likely N-dealkylation sites (tertiary alicyclic amines) is 1. The molecule has 2 aromatic carbocycles. The van der Waals surface area contributed by atoms with Crippen molar-refractivity contribution in [2.24, 2.45) is 0 Å². The first-order chi connectivity index (χ1) is 11.8. The summed E-state index contributed by atoms with van der Waals surface area (Å²) in [5, 5.41) is 1.16. The number of furan rings is 1. The molecule has 0 aliphatic carbocycles. The van der Waals surface area contributed by atoms with E-state index in [1.807, 2.05) is 25.3 Å². The lowest BCUT2D eigenvalue weighted by Crippen LogP contribution is -2.38. The molecule has 1 aliphatic rings. The third kappa shape index (κ3) is 3.23. The van der Waals surface area contributed by atoms with Gasteiger partial charge in [-0.1, -0.05) is 42.5 Å². The molecule has 3 nitrogen and oxygen atoms in total. The lowest BCUT2D eigenvalue weighted by molar-refractivity contribution is 0.0285.